The third-order valence-corrected chi connectivity index (χ3v) is 2.25. The minimum atomic E-state index is -0.210. The maximum atomic E-state index is 11.5. The van der Waals surface area contributed by atoms with Gasteiger partial charge in [0.1, 0.15) is 13.7 Å². The van der Waals surface area contributed by atoms with E-state index in [4.69, 9.17) is 9.47 Å². The molecule has 0 aromatic heterocycles. The van der Waals surface area contributed by atoms with Gasteiger partial charge in [0.05, 0.1) is 13.7 Å². The van der Waals surface area contributed by atoms with Crippen LogP contribution in [0.2, 0.25) is 0 Å². The van der Waals surface area contributed by atoms with Gasteiger partial charge in [-0.05, 0) is 6.92 Å². The van der Waals surface area contributed by atoms with Gasteiger partial charge < -0.3 is 9.47 Å². The van der Waals surface area contributed by atoms with Crippen LogP contribution in [-0.2, 0) is 14.3 Å². The molecule has 0 radical (unpaired) electrons. The maximum Gasteiger partial charge on any atom is 0.362 e. The Labute approximate surface area is 96.2 Å². The summed E-state index contributed by atoms with van der Waals surface area (Å²) in [7, 11) is 3.88. The fourth-order valence-electron chi connectivity index (χ4n) is 1.53. The number of rotatable bonds is 6. The third-order valence-electron chi connectivity index (χ3n) is 2.25. The number of quaternary nitrogens is 1. The zero-order valence-electron chi connectivity index (χ0n) is 10.2. The van der Waals surface area contributed by atoms with Crippen LogP contribution in [0.15, 0.2) is 12.4 Å². The zero-order valence-corrected chi connectivity index (χ0v) is 10.2. The largest absolute Gasteiger partial charge is 0.459 e. The van der Waals surface area contributed by atoms with E-state index in [0.29, 0.717) is 30.8 Å². The second kappa shape index (κ2) is 5.77. The highest BCUT2D eigenvalue weighted by Gasteiger charge is 2.30. The second-order valence-corrected chi connectivity index (χ2v) is 4.00. The monoisotopic (exact) mass is 228 g/mol. The Kier molecular flexibility index (Phi) is 4.64. The van der Waals surface area contributed by atoms with E-state index in [0.717, 1.165) is 0 Å². The molecular weight excluding hydrogens is 208 g/mol. The van der Waals surface area contributed by atoms with Gasteiger partial charge in [-0.1, -0.05) is 0 Å². The van der Waals surface area contributed by atoms with Crippen molar-refractivity contribution >= 4 is 12.3 Å². The highest BCUT2D eigenvalue weighted by atomic mass is 16.6. The fraction of sp³-hybridized carbons (Fsp3) is 0.636. The van der Waals surface area contributed by atoms with Crippen molar-refractivity contribution in [3.05, 3.63) is 12.4 Å². The lowest BCUT2D eigenvalue weighted by atomic mass is 10.5. The van der Waals surface area contributed by atoms with Gasteiger partial charge in [0.25, 0.3) is 0 Å². The first-order valence-corrected chi connectivity index (χ1v) is 5.41. The van der Waals surface area contributed by atoms with Crippen LogP contribution in [0.25, 0.3) is 0 Å². The van der Waals surface area contributed by atoms with Crippen LogP contribution < -0.4 is 0 Å². The minimum absolute atomic E-state index is 0.210. The van der Waals surface area contributed by atoms with Crippen molar-refractivity contribution in [2.45, 2.75) is 6.92 Å². The Hall–Kier alpha value is -1.20. The van der Waals surface area contributed by atoms with E-state index >= 15 is 0 Å². The minimum Gasteiger partial charge on any atom is -0.459 e. The van der Waals surface area contributed by atoms with Crippen LogP contribution in [0.4, 0.5) is 0 Å². The molecule has 0 aromatic rings. The number of likely N-dealkylation sites (N-methyl/N-ethyl adjacent to an activating group) is 1. The number of nitrogens with zero attached hydrogens (tertiary/aromatic N) is 2. The average molecular weight is 228 g/mol. The van der Waals surface area contributed by atoms with Crippen molar-refractivity contribution in [2.24, 2.45) is 0 Å². The van der Waals surface area contributed by atoms with Gasteiger partial charge in [0.15, 0.2) is 12.7 Å². The smallest absolute Gasteiger partial charge is 0.362 e. The Morgan fingerprint density at radius 2 is 2.19 bits per heavy atom. The predicted octanol–water partition coefficient (Wildman–Crippen LogP) is 0.168. The molecule has 0 amide bonds. The van der Waals surface area contributed by atoms with E-state index in [-0.39, 0.29) is 5.97 Å². The third kappa shape index (κ3) is 4.12. The molecule has 0 saturated heterocycles. The van der Waals surface area contributed by atoms with Crippen molar-refractivity contribution in [3.8, 4) is 0 Å². The van der Waals surface area contributed by atoms with Crippen LogP contribution in [0, 0.1) is 0 Å². The van der Waals surface area contributed by atoms with E-state index in [2.05, 4.69) is 0 Å². The van der Waals surface area contributed by atoms with Gasteiger partial charge in [0, 0.05) is 6.61 Å². The molecule has 0 unspecified atom stereocenters. The van der Waals surface area contributed by atoms with Gasteiger partial charge in [-0.25, -0.2) is 9.28 Å². The molecule has 0 bridgehead atoms. The summed E-state index contributed by atoms with van der Waals surface area (Å²) in [5.74, 6) is -0.210. The first-order valence-electron chi connectivity index (χ1n) is 5.41. The molecular formula is C11H20N2O3+2. The molecule has 1 aliphatic rings. The molecule has 5 heteroatoms. The highest BCUT2D eigenvalue weighted by Crippen LogP contribution is 2.05. The summed E-state index contributed by atoms with van der Waals surface area (Å²) >= 11 is 0. The van der Waals surface area contributed by atoms with Crippen molar-refractivity contribution in [2.75, 3.05) is 40.5 Å². The van der Waals surface area contributed by atoms with Crippen molar-refractivity contribution < 1.29 is 23.3 Å². The quantitative estimate of drug-likeness (QED) is 0.281. The number of carbonyl (C=O) groups excluding carboxylic acids is 1. The van der Waals surface area contributed by atoms with E-state index in [1.54, 1.807) is 0 Å². The molecule has 16 heavy (non-hydrogen) atoms. The fourth-order valence-corrected chi connectivity index (χ4v) is 1.53. The first-order chi connectivity index (χ1) is 7.56. The summed E-state index contributed by atoms with van der Waals surface area (Å²) in [6.07, 6.45) is 5.82. The van der Waals surface area contributed by atoms with Gasteiger partial charge in [-0.3, -0.25) is 0 Å². The summed E-state index contributed by atoms with van der Waals surface area (Å²) in [5, 5.41) is 0. The lowest BCUT2D eigenvalue weighted by Gasteiger charge is -2.16. The van der Waals surface area contributed by atoms with Crippen molar-refractivity contribution in [3.63, 3.8) is 0 Å². The van der Waals surface area contributed by atoms with E-state index in [1.807, 2.05) is 44.3 Å². The molecule has 5 nitrogen and oxygen atoms in total. The average Bonchev–Trinajstić information content (AvgIpc) is 2.53. The maximum absolute atomic E-state index is 11.5. The first kappa shape index (κ1) is 12.9. The van der Waals surface area contributed by atoms with Gasteiger partial charge in [-0.15, -0.1) is 0 Å². The normalized spacial score (nSPS) is 23.3. The molecule has 0 saturated carbocycles. The number of hydrogen-bond donors (Lipinski definition) is 0. The van der Waals surface area contributed by atoms with E-state index < -0.39 is 0 Å². The number of ether oxygens (including phenoxy) is 2. The summed E-state index contributed by atoms with van der Waals surface area (Å²) in [4.78, 5) is 11.5. The summed E-state index contributed by atoms with van der Waals surface area (Å²) < 4.78 is 12.5. The number of esters is 1. The second-order valence-electron chi connectivity index (χ2n) is 4.00. The highest BCUT2D eigenvalue weighted by molar-refractivity contribution is 5.72. The molecule has 1 atom stereocenters. The van der Waals surface area contributed by atoms with Crippen LogP contribution in [0.5, 0.6) is 0 Å². The predicted molar refractivity (Wildman–Crippen MR) is 59.9 cm³/mol. The Morgan fingerprint density at radius 1 is 1.44 bits per heavy atom. The van der Waals surface area contributed by atoms with Crippen LogP contribution >= 0.6 is 0 Å². The summed E-state index contributed by atoms with van der Waals surface area (Å²) in [6.45, 7) is 3.66. The standard InChI is InChI=1S/C11H20N2O3/c1-4-15-7-8-16-11(14)9-13(3)6-5-12(2)10-13/h5-6,10H,4,7-9H2,1-3H3/q+2/t13-/m0/s1. The SMILES string of the molecule is CCOCCOC(=O)C[N@+]1(C)C=C[N+](C)=C1. The van der Waals surface area contributed by atoms with Crippen molar-refractivity contribution in [1.29, 1.82) is 0 Å². The Balaban J connectivity index is 2.27. The Bertz CT molecular complexity index is 312. The van der Waals surface area contributed by atoms with E-state index in [1.165, 1.54) is 0 Å². The lowest BCUT2D eigenvalue weighted by molar-refractivity contribution is -0.759. The molecule has 0 aliphatic carbocycles. The lowest BCUT2D eigenvalue weighted by Crippen LogP contribution is -2.41. The molecule has 90 valence electrons. The molecule has 0 aromatic carbocycles. The molecule has 0 fully saturated rings. The Morgan fingerprint density at radius 3 is 2.75 bits per heavy atom. The van der Waals surface area contributed by atoms with Crippen LogP contribution in [0.1, 0.15) is 6.92 Å². The van der Waals surface area contributed by atoms with Crippen molar-refractivity contribution in [1.82, 2.24) is 0 Å². The molecule has 1 heterocycles. The topological polar surface area (TPSA) is 38.5 Å². The molecule has 1 rings (SSSR count). The van der Waals surface area contributed by atoms with Gasteiger partial charge in [0.2, 0.25) is 6.20 Å². The van der Waals surface area contributed by atoms with Gasteiger partial charge >= 0.3 is 12.3 Å². The zero-order chi connectivity index (χ0) is 12.0. The molecule has 0 spiro atoms. The summed E-state index contributed by atoms with van der Waals surface area (Å²) in [5.41, 5.74) is 0. The van der Waals surface area contributed by atoms with Gasteiger partial charge in [-0.2, -0.15) is 4.58 Å². The number of carbonyl (C=O) groups is 1. The van der Waals surface area contributed by atoms with Crippen LogP contribution in [0.3, 0.4) is 0 Å². The molecule has 0 N–H and O–H groups in total. The van der Waals surface area contributed by atoms with E-state index in [9.17, 15) is 4.79 Å². The number of hydrogen-bond acceptors (Lipinski definition) is 3. The summed E-state index contributed by atoms with van der Waals surface area (Å²) in [6, 6.07) is 0. The molecule has 1 aliphatic heterocycles. The van der Waals surface area contributed by atoms with Crippen LogP contribution in [-0.4, -0.2) is 61.8 Å².